The van der Waals surface area contributed by atoms with Crippen molar-refractivity contribution in [3.8, 4) is 0 Å². The van der Waals surface area contributed by atoms with Gasteiger partial charge < -0.3 is 5.32 Å². The van der Waals surface area contributed by atoms with Crippen LogP contribution in [0.15, 0.2) is 0 Å². The summed E-state index contributed by atoms with van der Waals surface area (Å²) in [5, 5.41) is 3.47. The Bertz CT molecular complexity index is 126. The molecule has 0 aliphatic heterocycles. The molecule has 0 unspecified atom stereocenters. The molecule has 0 rings (SSSR count). The van der Waals surface area contributed by atoms with Crippen molar-refractivity contribution in [2.24, 2.45) is 0 Å². The molecule has 0 saturated heterocycles. The molecular formula is C15H33NNa+. The second-order valence-electron chi connectivity index (χ2n) is 5.29. The first-order chi connectivity index (χ1) is 7.77. The van der Waals surface area contributed by atoms with E-state index in [0.29, 0.717) is 6.04 Å². The molecule has 0 fully saturated rings. The maximum Gasteiger partial charge on any atom is 1.00 e. The first-order valence-corrected chi connectivity index (χ1v) is 7.50. The molecule has 2 heteroatoms. The average molecular weight is 250 g/mol. The van der Waals surface area contributed by atoms with E-state index in [1.54, 1.807) is 0 Å². The molecule has 0 saturated carbocycles. The molecular weight excluding hydrogens is 217 g/mol. The molecule has 0 aromatic rings. The normalized spacial score (nSPS) is 10.6. The zero-order chi connectivity index (χ0) is 12.1. The number of hydrogen-bond donors (Lipinski definition) is 1. The van der Waals surface area contributed by atoms with Gasteiger partial charge in [-0.2, -0.15) is 0 Å². The summed E-state index contributed by atoms with van der Waals surface area (Å²) in [7, 11) is 0. The van der Waals surface area contributed by atoms with Crippen LogP contribution in [-0.4, -0.2) is 12.6 Å². The maximum absolute atomic E-state index is 3.47. The summed E-state index contributed by atoms with van der Waals surface area (Å²) in [5.74, 6) is 0. The number of unbranched alkanes of at least 4 members (excludes halogenated alkanes) is 9. The molecule has 1 nitrogen and oxygen atoms in total. The van der Waals surface area contributed by atoms with Crippen molar-refractivity contribution in [1.82, 2.24) is 5.32 Å². The van der Waals surface area contributed by atoms with Gasteiger partial charge in [-0.3, -0.25) is 0 Å². The van der Waals surface area contributed by atoms with Crippen LogP contribution in [0.25, 0.3) is 0 Å². The summed E-state index contributed by atoms with van der Waals surface area (Å²) in [6, 6.07) is 0.651. The summed E-state index contributed by atoms with van der Waals surface area (Å²) in [4.78, 5) is 0. The molecule has 0 heterocycles. The Morgan fingerprint density at radius 3 is 1.53 bits per heavy atom. The van der Waals surface area contributed by atoms with Crippen molar-refractivity contribution in [3.05, 3.63) is 0 Å². The first kappa shape index (κ1) is 20.3. The van der Waals surface area contributed by atoms with E-state index < -0.39 is 0 Å². The van der Waals surface area contributed by atoms with Gasteiger partial charge in [-0.1, -0.05) is 78.6 Å². The van der Waals surface area contributed by atoms with Crippen molar-refractivity contribution in [1.29, 1.82) is 0 Å². The summed E-state index contributed by atoms with van der Waals surface area (Å²) in [6.45, 7) is 7.92. The molecule has 0 radical (unpaired) electrons. The molecule has 0 aromatic carbocycles. The van der Waals surface area contributed by atoms with Crippen molar-refractivity contribution in [2.75, 3.05) is 6.54 Å². The van der Waals surface area contributed by atoms with Crippen LogP contribution in [0.1, 0.15) is 85.0 Å². The molecule has 98 valence electrons. The van der Waals surface area contributed by atoms with Crippen LogP contribution in [0.2, 0.25) is 0 Å². The van der Waals surface area contributed by atoms with Crippen molar-refractivity contribution in [3.63, 3.8) is 0 Å². The van der Waals surface area contributed by atoms with E-state index >= 15 is 0 Å². The largest absolute Gasteiger partial charge is 1.00 e. The van der Waals surface area contributed by atoms with E-state index in [2.05, 4.69) is 26.1 Å². The predicted molar refractivity (Wildman–Crippen MR) is 75.0 cm³/mol. The SMILES string of the molecule is CCCCCCCCCCCCNC(C)C.[Na+]. The van der Waals surface area contributed by atoms with Gasteiger partial charge in [-0.25, -0.2) is 0 Å². The van der Waals surface area contributed by atoms with Gasteiger partial charge in [0.2, 0.25) is 0 Å². The fraction of sp³-hybridized carbons (Fsp3) is 1.00. The second kappa shape index (κ2) is 17.0. The smallest absolute Gasteiger partial charge is 0.315 e. The van der Waals surface area contributed by atoms with Crippen LogP contribution < -0.4 is 34.9 Å². The summed E-state index contributed by atoms with van der Waals surface area (Å²) in [5.41, 5.74) is 0. The van der Waals surface area contributed by atoms with E-state index in [-0.39, 0.29) is 29.6 Å². The van der Waals surface area contributed by atoms with Gasteiger partial charge in [0.1, 0.15) is 0 Å². The van der Waals surface area contributed by atoms with Gasteiger partial charge in [0.25, 0.3) is 0 Å². The van der Waals surface area contributed by atoms with Gasteiger partial charge in [0.05, 0.1) is 0 Å². The Morgan fingerprint density at radius 1 is 0.706 bits per heavy atom. The zero-order valence-electron chi connectivity index (χ0n) is 12.9. The van der Waals surface area contributed by atoms with Gasteiger partial charge in [-0.15, -0.1) is 0 Å². The fourth-order valence-corrected chi connectivity index (χ4v) is 2.00. The molecule has 0 aliphatic rings. The third kappa shape index (κ3) is 19.5. The third-order valence-electron chi connectivity index (χ3n) is 3.08. The van der Waals surface area contributed by atoms with Gasteiger partial charge in [-0.05, 0) is 13.0 Å². The molecule has 17 heavy (non-hydrogen) atoms. The Morgan fingerprint density at radius 2 is 1.12 bits per heavy atom. The first-order valence-electron chi connectivity index (χ1n) is 7.50. The van der Waals surface area contributed by atoms with Crippen LogP contribution in [0.5, 0.6) is 0 Å². The van der Waals surface area contributed by atoms with Gasteiger partial charge in [0.15, 0.2) is 0 Å². The number of rotatable bonds is 12. The Labute approximate surface area is 132 Å². The van der Waals surface area contributed by atoms with Gasteiger partial charge in [0, 0.05) is 6.04 Å². The topological polar surface area (TPSA) is 12.0 Å². The number of hydrogen-bond acceptors (Lipinski definition) is 1. The molecule has 0 aliphatic carbocycles. The quantitative estimate of drug-likeness (QED) is 0.412. The molecule has 0 aromatic heterocycles. The Kier molecular flexibility index (Phi) is 20.2. The minimum atomic E-state index is 0. The Hall–Kier alpha value is 0.960. The Balaban J connectivity index is 0. The van der Waals surface area contributed by atoms with Crippen LogP contribution in [0, 0.1) is 0 Å². The maximum atomic E-state index is 3.47. The van der Waals surface area contributed by atoms with Gasteiger partial charge >= 0.3 is 29.6 Å². The van der Waals surface area contributed by atoms with Crippen LogP contribution in [-0.2, 0) is 0 Å². The van der Waals surface area contributed by atoms with Crippen LogP contribution >= 0.6 is 0 Å². The van der Waals surface area contributed by atoms with E-state index in [9.17, 15) is 0 Å². The van der Waals surface area contributed by atoms with Crippen LogP contribution in [0.3, 0.4) is 0 Å². The van der Waals surface area contributed by atoms with E-state index in [4.69, 9.17) is 0 Å². The summed E-state index contributed by atoms with van der Waals surface area (Å²) < 4.78 is 0. The fourth-order valence-electron chi connectivity index (χ4n) is 2.00. The number of nitrogens with one attached hydrogen (secondary N) is 1. The zero-order valence-corrected chi connectivity index (χ0v) is 14.9. The average Bonchev–Trinajstić information content (AvgIpc) is 2.25. The predicted octanol–water partition coefficient (Wildman–Crippen LogP) is 1.91. The minimum Gasteiger partial charge on any atom is -0.315 e. The van der Waals surface area contributed by atoms with Crippen molar-refractivity contribution in [2.45, 2.75) is 91.0 Å². The summed E-state index contributed by atoms with van der Waals surface area (Å²) >= 11 is 0. The van der Waals surface area contributed by atoms with E-state index in [1.165, 1.54) is 70.8 Å². The van der Waals surface area contributed by atoms with E-state index in [0.717, 1.165) is 0 Å². The molecule has 0 spiro atoms. The molecule has 0 amide bonds. The molecule has 0 bridgehead atoms. The van der Waals surface area contributed by atoms with Crippen molar-refractivity contribution >= 4 is 0 Å². The second-order valence-corrected chi connectivity index (χ2v) is 5.29. The standard InChI is InChI=1S/C15H33N.Na/c1-4-5-6-7-8-9-10-11-12-13-14-16-15(2)3;/h15-16H,4-14H2,1-3H3;/q;+1. The molecule has 0 atom stereocenters. The minimum absolute atomic E-state index is 0. The van der Waals surface area contributed by atoms with E-state index in [1.807, 2.05) is 0 Å². The summed E-state index contributed by atoms with van der Waals surface area (Å²) in [6.07, 6.45) is 14.3. The van der Waals surface area contributed by atoms with Crippen molar-refractivity contribution < 1.29 is 29.6 Å². The van der Waals surface area contributed by atoms with Crippen LogP contribution in [0.4, 0.5) is 0 Å². The monoisotopic (exact) mass is 250 g/mol. The third-order valence-corrected chi connectivity index (χ3v) is 3.08. The molecule has 1 N–H and O–H groups in total.